The fraction of sp³-hybridized carbons (Fsp3) is 0.458. The summed E-state index contributed by atoms with van der Waals surface area (Å²) in [5.74, 6) is 0.423. The number of hydrogen-bond acceptors (Lipinski definition) is 4. The van der Waals surface area contributed by atoms with E-state index in [9.17, 15) is 13.2 Å². The van der Waals surface area contributed by atoms with Crippen LogP contribution >= 0.6 is 0 Å². The van der Waals surface area contributed by atoms with E-state index in [1.54, 1.807) is 18.2 Å². The smallest absolute Gasteiger partial charge is 0.264 e. The van der Waals surface area contributed by atoms with E-state index >= 15 is 0 Å². The lowest BCUT2D eigenvalue weighted by molar-refractivity contribution is 0.0948. The van der Waals surface area contributed by atoms with Gasteiger partial charge in [-0.1, -0.05) is 24.3 Å². The molecule has 0 spiro atoms. The minimum atomic E-state index is -3.73. The molecule has 7 heteroatoms. The van der Waals surface area contributed by atoms with Gasteiger partial charge in [-0.2, -0.15) is 0 Å². The molecule has 2 aromatic rings. The number of carbonyl (C=O) groups is 1. The van der Waals surface area contributed by atoms with E-state index in [2.05, 4.69) is 17.3 Å². The van der Waals surface area contributed by atoms with E-state index in [1.165, 1.54) is 10.4 Å². The number of aryl methyl sites for hydroxylation is 1. The first kappa shape index (κ1) is 21.8. The van der Waals surface area contributed by atoms with Gasteiger partial charge in [0.2, 0.25) is 0 Å². The maximum atomic E-state index is 13.4. The predicted molar refractivity (Wildman–Crippen MR) is 123 cm³/mol. The van der Waals surface area contributed by atoms with Crippen LogP contribution in [0.2, 0.25) is 0 Å². The molecule has 1 fully saturated rings. The Morgan fingerprint density at radius 1 is 1.06 bits per heavy atom. The number of piperidine rings is 1. The molecule has 0 unspecified atom stereocenters. The highest BCUT2D eigenvalue weighted by Crippen LogP contribution is 2.32. The molecule has 0 saturated carbocycles. The first-order valence-electron chi connectivity index (χ1n) is 11.1. The molecule has 2 heterocycles. The van der Waals surface area contributed by atoms with Crippen LogP contribution in [0.5, 0.6) is 0 Å². The molecule has 166 valence electrons. The molecule has 1 saturated heterocycles. The second-order valence-electron chi connectivity index (χ2n) is 8.63. The van der Waals surface area contributed by atoms with Gasteiger partial charge in [-0.15, -0.1) is 0 Å². The summed E-state index contributed by atoms with van der Waals surface area (Å²) in [5.41, 5.74) is 2.16. The normalized spacial score (nSPS) is 17.9. The van der Waals surface area contributed by atoms with Crippen LogP contribution in [-0.4, -0.2) is 52.5 Å². The molecule has 0 radical (unpaired) electrons. The molecule has 0 aliphatic carbocycles. The van der Waals surface area contributed by atoms with E-state index in [0.29, 0.717) is 24.6 Å². The maximum Gasteiger partial charge on any atom is 0.264 e. The first-order valence-corrected chi connectivity index (χ1v) is 12.6. The van der Waals surface area contributed by atoms with Gasteiger partial charge in [0, 0.05) is 18.7 Å². The number of carbonyl (C=O) groups excluding carboxylic acids is 1. The summed E-state index contributed by atoms with van der Waals surface area (Å²) < 4.78 is 28.2. The maximum absolute atomic E-state index is 13.4. The average molecular weight is 442 g/mol. The molecule has 1 N–H and O–H groups in total. The summed E-state index contributed by atoms with van der Waals surface area (Å²) in [6, 6.07) is 14.0. The number of amides is 1. The SMILES string of the molecule is CN1CCC(CCNC(=O)c2cccc(S(=O)(=O)N3CCCc4ccccc43)c2)CC1. The Morgan fingerprint density at radius 3 is 2.65 bits per heavy atom. The number of fused-ring (bicyclic) bond motifs is 1. The highest BCUT2D eigenvalue weighted by molar-refractivity contribution is 7.92. The van der Waals surface area contributed by atoms with E-state index in [4.69, 9.17) is 0 Å². The summed E-state index contributed by atoms with van der Waals surface area (Å²) in [6.07, 6.45) is 4.95. The lowest BCUT2D eigenvalue weighted by atomic mass is 9.94. The molecule has 2 aliphatic rings. The quantitative estimate of drug-likeness (QED) is 0.747. The van der Waals surface area contributed by atoms with Crippen molar-refractivity contribution in [1.29, 1.82) is 0 Å². The monoisotopic (exact) mass is 441 g/mol. The number of rotatable bonds is 6. The topological polar surface area (TPSA) is 69.7 Å². The van der Waals surface area contributed by atoms with Crippen molar-refractivity contribution < 1.29 is 13.2 Å². The van der Waals surface area contributed by atoms with Crippen molar-refractivity contribution in [3.63, 3.8) is 0 Å². The largest absolute Gasteiger partial charge is 0.352 e. The highest BCUT2D eigenvalue weighted by Gasteiger charge is 2.29. The van der Waals surface area contributed by atoms with Crippen LogP contribution in [0.15, 0.2) is 53.4 Å². The van der Waals surface area contributed by atoms with Gasteiger partial charge < -0.3 is 10.2 Å². The summed E-state index contributed by atoms with van der Waals surface area (Å²) >= 11 is 0. The van der Waals surface area contributed by atoms with Crippen LogP contribution in [0, 0.1) is 5.92 Å². The Hall–Kier alpha value is -2.38. The van der Waals surface area contributed by atoms with Gasteiger partial charge in [0.05, 0.1) is 10.6 Å². The molecule has 2 aromatic carbocycles. The minimum absolute atomic E-state index is 0.159. The second-order valence-corrected chi connectivity index (χ2v) is 10.5. The Morgan fingerprint density at radius 2 is 1.84 bits per heavy atom. The molecular weight excluding hydrogens is 410 g/mol. The first-order chi connectivity index (χ1) is 14.9. The number of sulfonamides is 1. The van der Waals surface area contributed by atoms with E-state index in [1.807, 2.05) is 24.3 Å². The summed E-state index contributed by atoms with van der Waals surface area (Å²) in [7, 11) is -1.59. The van der Waals surface area contributed by atoms with Gasteiger partial charge >= 0.3 is 0 Å². The minimum Gasteiger partial charge on any atom is -0.352 e. The number of nitrogens with one attached hydrogen (secondary N) is 1. The summed E-state index contributed by atoms with van der Waals surface area (Å²) in [5, 5.41) is 2.97. The van der Waals surface area contributed by atoms with Crippen molar-refractivity contribution in [1.82, 2.24) is 10.2 Å². The van der Waals surface area contributed by atoms with Crippen LogP contribution in [0.4, 0.5) is 5.69 Å². The lowest BCUT2D eigenvalue weighted by Crippen LogP contribution is -2.35. The van der Waals surface area contributed by atoms with Gasteiger partial charge in [-0.05, 0) is 88.0 Å². The molecule has 4 rings (SSSR count). The molecular formula is C24H31N3O3S. The Bertz CT molecular complexity index is 1030. The van der Waals surface area contributed by atoms with Crippen LogP contribution < -0.4 is 9.62 Å². The molecule has 31 heavy (non-hydrogen) atoms. The van der Waals surface area contributed by atoms with Gasteiger partial charge in [0.15, 0.2) is 0 Å². The Kier molecular flexibility index (Phi) is 6.62. The number of likely N-dealkylation sites (tertiary alicyclic amines) is 1. The van der Waals surface area contributed by atoms with E-state index < -0.39 is 10.0 Å². The highest BCUT2D eigenvalue weighted by atomic mass is 32.2. The van der Waals surface area contributed by atoms with Crippen LogP contribution in [0.25, 0.3) is 0 Å². The zero-order valence-electron chi connectivity index (χ0n) is 18.1. The van der Waals surface area contributed by atoms with Gasteiger partial charge in [-0.25, -0.2) is 8.42 Å². The van der Waals surface area contributed by atoms with Gasteiger partial charge in [0.1, 0.15) is 0 Å². The lowest BCUT2D eigenvalue weighted by Gasteiger charge is -2.30. The standard InChI is InChI=1S/C24H31N3O3S/c1-26-16-12-19(13-17-26)11-14-25-24(28)21-7-4-9-22(18-21)31(29,30)27-15-5-8-20-6-2-3-10-23(20)27/h2-4,6-7,9-10,18-19H,5,8,11-17H2,1H3,(H,25,28). The molecule has 0 bridgehead atoms. The number of hydrogen-bond donors (Lipinski definition) is 1. The zero-order valence-corrected chi connectivity index (χ0v) is 18.9. The van der Waals surface area contributed by atoms with Crippen molar-refractivity contribution in [2.24, 2.45) is 5.92 Å². The number of benzene rings is 2. The molecule has 1 amide bonds. The number of para-hydroxylation sites is 1. The third-order valence-corrected chi connectivity index (χ3v) is 8.24. The zero-order chi connectivity index (χ0) is 21.8. The van der Waals surface area contributed by atoms with E-state index in [-0.39, 0.29) is 10.8 Å². The number of nitrogens with zero attached hydrogens (tertiary/aromatic N) is 2. The summed E-state index contributed by atoms with van der Waals surface area (Å²) in [6.45, 7) is 3.28. The third kappa shape index (κ3) is 4.93. The Labute approximate surface area is 185 Å². The van der Waals surface area contributed by atoms with Crippen molar-refractivity contribution >= 4 is 21.6 Å². The molecule has 0 aromatic heterocycles. The van der Waals surface area contributed by atoms with E-state index in [0.717, 1.165) is 56.4 Å². The fourth-order valence-corrected chi connectivity index (χ4v) is 6.10. The van der Waals surface area contributed by atoms with Crippen LogP contribution in [-0.2, 0) is 16.4 Å². The number of anilines is 1. The van der Waals surface area contributed by atoms with Crippen molar-refractivity contribution in [2.45, 2.75) is 37.0 Å². The van der Waals surface area contributed by atoms with Gasteiger partial charge in [-0.3, -0.25) is 9.10 Å². The van der Waals surface area contributed by atoms with Crippen molar-refractivity contribution in [3.8, 4) is 0 Å². The molecule has 2 aliphatic heterocycles. The molecule has 6 nitrogen and oxygen atoms in total. The Balaban J connectivity index is 1.44. The van der Waals surface area contributed by atoms with Crippen molar-refractivity contribution in [2.75, 3.05) is 37.5 Å². The summed E-state index contributed by atoms with van der Waals surface area (Å²) in [4.78, 5) is 15.2. The molecule has 0 atom stereocenters. The third-order valence-electron chi connectivity index (χ3n) is 6.43. The second kappa shape index (κ2) is 9.40. The fourth-order valence-electron chi connectivity index (χ4n) is 4.52. The average Bonchev–Trinajstić information content (AvgIpc) is 2.80. The van der Waals surface area contributed by atoms with Crippen LogP contribution in [0.3, 0.4) is 0 Å². The van der Waals surface area contributed by atoms with Crippen LogP contribution in [0.1, 0.15) is 41.6 Å². The predicted octanol–water partition coefficient (Wildman–Crippen LogP) is 3.29. The van der Waals surface area contributed by atoms with Gasteiger partial charge in [0.25, 0.3) is 15.9 Å². The van der Waals surface area contributed by atoms with Crippen molar-refractivity contribution in [3.05, 3.63) is 59.7 Å².